The van der Waals surface area contributed by atoms with Crippen molar-refractivity contribution in [2.75, 3.05) is 7.05 Å². The topological polar surface area (TPSA) is 24.9 Å². The van der Waals surface area contributed by atoms with Crippen molar-refractivity contribution in [1.29, 1.82) is 0 Å². The number of nitrogens with zero attached hydrogens (tertiary/aromatic N) is 1. The van der Waals surface area contributed by atoms with Gasteiger partial charge in [0.15, 0.2) is 11.6 Å². The van der Waals surface area contributed by atoms with E-state index in [1.807, 2.05) is 0 Å². The number of hydrogen-bond acceptors (Lipinski definition) is 3. The number of aryl methyl sites for hydroxylation is 1. The molecule has 0 fully saturated rings. The van der Waals surface area contributed by atoms with Gasteiger partial charge in [0.25, 0.3) is 0 Å². The number of nitrogens with one attached hydrogen (secondary N) is 1. The molecule has 0 aliphatic rings. The first-order valence-electron chi connectivity index (χ1n) is 5.15. The molecule has 5 heteroatoms. The Morgan fingerprint density at radius 3 is 2.65 bits per heavy atom. The molecule has 0 spiro atoms. The smallest absolute Gasteiger partial charge is 0.164 e. The van der Waals surface area contributed by atoms with Gasteiger partial charge in [-0.15, -0.1) is 11.3 Å². The van der Waals surface area contributed by atoms with Crippen molar-refractivity contribution in [2.24, 2.45) is 0 Å². The predicted molar refractivity (Wildman–Crippen MR) is 64.1 cm³/mol. The van der Waals surface area contributed by atoms with E-state index in [2.05, 4.69) is 10.3 Å². The van der Waals surface area contributed by atoms with E-state index in [9.17, 15) is 8.78 Å². The maximum atomic E-state index is 13.9. The van der Waals surface area contributed by atoms with Crippen LogP contribution in [0.5, 0.6) is 0 Å². The van der Waals surface area contributed by atoms with Crippen molar-refractivity contribution < 1.29 is 8.78 Å². The maximum Gasteiger partial charge on any atom is 0.164 e. The molecule has 2 aromatic rings. The van der Waals surface area contributed by atoms with Gasteiger partial charge in [-0.05, 0) is 19.5 Å². The third kappa shape index (κ3) is 2.21. The van der Waals surface area contributed by atoms with Crippen molar-refractivity contribution in [3.63, 3.8) is 0 Å². The highest BCUT2D eigenvalue weighted by Crippen LogP contribution is 2.28. The van der Waals surface area contributed by atoms with Crippen molar-refractivity contribution in [3.8, 4) is 0 Å². The summed E-state index contributed by atoms with van der Waals surface area (Å²) >= 11 is 1.41. The zero-order valence-corrected chi connectivity index (χ0v) is 10.3. The van der Waals surface area contributed by atoms with E-state index in [4.69, 9.17) is 0 Å². The molecule has 1 heterocycles. The average Bonchev–Trinajstić information content (AvgIpc) is 2.84. The molecule has 2 nitrogen and oxygen atoms in total. The van der Waals surface area contributed by atoms with Crippen LogP contribution in [-0.2, 0) is 0 Å². The van der Waals surface area contributed by atoms with Gasteiger partial charge in [-0.3, -0.25) is 4.98 Å². The zero-order chi connectivity index (χ0) is 12.4. The van der Waals surface area contributed by atoms with Crippen LogP contribution < -0.4 is 5.32 Å². The predicted octanol–water partition coefficient (Wildman–Crippen LogP) is 3.04. The molecule has 0 saturated carbocycles. The highest BCUT2D eigenvalue weighted by molar-refractivity contribution is 7.09. The van der Waals surface area contributed by atoms with Crippen LogP contribution in [-0.4, -0.2) is 12.0 Å². The van der Waals surface area contributed by atoms with E-state index in [0.717, 1.165) is 4.88 Å². The van der Waals surface area contributed by atoms with E-state index in [0.29, 0.717) is 11.1 Å². The van der Waals surface area contributed by atoms with Crippen LogP contribution in [0.3, 0.4) is 0 Å². The molecule has 1 aromatic heterocycles. The Morgan fingerprint density at radius 2 is 2.06 bits per heavy atom. The molecule has 1 aromatic carbocycles. The second-order valence-corrected chi connectivity index (χ2v) is 4.64. The molecule has 0 aliphatic heterocycles. The lowest BCUT2D eigenvalue weighted by molar-refractivity contribution is 0.483. The largest absolute Gasteiger partial charge is 0.309 e. The number of thiazole rings is 1. The van der Waals surface area contributed by atoms with Crippen molar-refractivity contribution in [1.82, 2.24) is 10.3 Å². The van der Waals surface area contributed by atoms with Gasteiger partial charge >= 0.3 is 0 Å². The molecule has 2 rings (SSSR count). The van der Waals surface area contributed by atoms with Crippen LogP contribution in [0.4, 0.5) is 8.78 Å². The highest BCUT2D eigenvalue weighted by Gasteiger charge is 2.20. The molecular weight excluding hydrogens is 242 g/mol. The number of halogens is 2. The van der Waals surface area contributed by atoms with E-state index >= 15 is 0 Å². The van der Waals surface area contributed by atoms with Crippen LogP contribution in [0.2, 0.25) is 0 Å². The minimum Gasteiger partial charge on any atom is -0.309 e. The van der Waals surface area contributed by atoms with Gasteiger partial charge in [0.05, 0.1) is 11.6 Å². The Labute approximate surface area is 102 Å². The molecule has 0 radical (unpaired) electrons. The number of hydrogen-bond donors (Lipinski definition) is 1. The fourth-order valence-electron chi connectivity index (χ4n) is 1.70. The fraction of sp³-hybridized carbons (Fsp3) is 0.250. The van der Waals surface area contributed by atoms with Gasteiger partial charge in [-0.1, -0.05) is 12.1 Å². The summed E-state index contributed by atoms with van der Waals surface area (Å²) in [5, 5.41) is 2.97. The molecule has 0 amide bonds. The summed E-state index contributed by atoms with van der Waals surface area (Å²) in [4.78, 5) is 4.80. The normalized spacial score (nSPS) is 12.7. The van der Waals surface area contributed by atoms with Crippen LogP contribution in [0, 0.1) is 18.6 Å². The van der Waals surface area contributed by atoms with Crippen molar-refractivity contribution in [3.05, 3.63) is 51.5 Å². The fourth-order valence-corrected chi connectivity index (χ4v) is 2.45. The second-order valence-electron chi connectivity index (χ2n) is 3.73. The first-order chi connectivity index (χ1) is 8.15. The molecule has 17 heavy (non-hydrogen) atoms. The highest BCUT2D eigenvalue weighted by atomic mass is 32.1. The number of benzene rings is 1. The molecule has 1 unspecified atom stereocenters. The molecule has 0 bridgehead atoms. The third-order valence-corrected chi connectivity index (χ3v) is 3.48. The minimum absolute atomic E-state index is 0.305. The van der Waals surface area contributed by atoms with Gasteiger partial charge in [-0.25, -0.2) is 8.78 Å². The van der Waals surface area contributed by atoms with Gasteiger partial charge in [0, 0.05) is 16.6 Å². The van der Waals surface area contributed by atoms with Gasteiger partial charge in [0.1, 0.15) is 0 Å². The van der Waals surface area contributed by atoms with Gasteiger partial charge in [-0.2, -0.15) is 0 Å². The summed E-state index contributed by atoms with van der Waals surface area (Å²) in [6.07, 6.45) is 1.66. The molecule has 0 saturated heterocycles. The first kappa shape index (κ1) is 12.1. The Bertz CT molecular complexity index is 511. The summed E-state index contributed by atoms with van der Waals surface area (Å²) in [5.74, 6) is -1.58. The molecular formula is C12H12F2N2S. The Hall–Kier alpha value is -1.33. The maximum absolute atomic E-state index is 13.9. The quantitative estimate of drug-likeness (QED) is 0.910. The molecule has 1 N–H and O–H groups in total. The average molecular weight is 254 g/mol. The van der Waals surface area contributed by atoms with Gasteiger partial charge in [0.2, 0.25) is 0 Å². The SMILES string of the molecule is CNC(c1cncs1)c1ccc(C)c(F)c1F. The summed E-state index contributed by atoms with van der Waals surface area (Å²) < 4.78 is 27.4. The first-order valence-corrected chi connectivity index (χ1v) is 6.03. The summed E-state index contributed by atoms with van der Waals surface area (Å²) in [6, 6.07) is 2.82. The Kier molecular flexibility index (Phi) is 3.49. The molecule has 1 atom stereocenters. The van der Waals surface area contributed by atoms with Crippen molar-refractivity contribution in [2.45, 2.75) is 13.0 Å². The van der Waals surface area contributed by atoms with Crippen LogP contribution >= 0.6 is 11.3 Å². The molecule has 90 valence electrons. The van der Waals surface area contributed by atoms with Crippen LogP contribution in [0.1, 0.15) is 22.0 Å². The van der Waals surface area contributed by atoms with E-state index < -0.39 is 11.6 Å². The summed E-state index contributed by atoms with van der Waals surface area (Å²) in [6.45, 7) is 1.54. The standard InChI is InChI=1S/C12H12F2N2S/c1-7-3-4-8(11(14)10(7)13)12(15-2)9-5-16-6-17-9/h3-6,12,15H,1-2H3. The Morgan fingerprint density at radius 1 is 1.29 bits per heavy atom. The third-order valence-electron chi connectivity index (χ3n) is 2.64. The van der Waals surface area contributed by atoms with Crippen molar-refractivity contribution >= 4 is 11.3 Å². The summed E-state index contributed by atoms with van der Waals surface area (Å²) in [5.41, 5.74) is 2.28. The zero-order valence-electron chi connectivity index (χ0n) is 9.50. The lowest BCUT2D eigenvalue weighted by Gasteiger charge is -2.16. The molecule has 0 aliphatic carbocycles. The van der Waals surface area contributed by atoms with Crippen LogP contribution in [0.25, 0.3) is 0 Å². The lowest BCUT2D eigenvalue weighted by atomic mass is 10.0. The summed E-state index contributed by atoms with van der Waals surface area (Å²) in [7, 11) is 1.71. The lowest BCUT2D eigenvalue weighted by Crippen LogP contribution is -2.18. The Balaban J connectivity index is 2.49. The minimum atomic E-state index is -0.794. The van der Waals surface area contributed by atoms with E-state index in [1.165, 1.54) is 11.3 Å². The number of rotatable bonds is 3. The van der Waals surface area contributed by atoms with E-state index in [1.54, 1.807) is 37.8 Å². The monoisotopic (exact) mass is 254 g/mol. The van der Waals surface area contributed by atoms with Gasteiger partial charge < -0.3 is 5.32 Å². The number of aromatic nitrogens is 1. The van der Waals surface area contributed by atoms with Crippen LogP contribution in [0.15, 0.2) is 23.8 Å². The van der Waals surface area contributed by atoms with E-state index in [-0.39, 0.29) is 6.04 Å². The second kappa shape index (κ2) is 4.89.